The summed E-state index contributed by atoms with van der Waals surface area (Å²) in [6.07, 6.45) is 0.667. The minimum Gasteiger partial charge on any atom is -0.491 e. The van der Waals surface area contributed by atoms with Crippen LogP contribution in [-0.4, -0.2) is 78.5 Å². The fourth-order valence-electron chi connectivity index (χ4n) is 7.32. The normalized spacial score (nSPS) is 19.0. The van der Waals surface area contributed by atoms with Crippen LogP contribution < -0.4 is 15.4 Å². The number of carbonyl (C=O) groups excluding carboxylic acids is 4. The zero-order valence-electron chi connectivity index (χ0n) is 30.3. The second kappa shape index (κ2) is 16.7. The number of para-hydroxylation sites is 1. The zero-order chi connectivity index (χ0) is 37.4. The number of hydrogen-bond donors (Lipinski definition) is 2. The van der Waals surface area contributed by atoms with Crippen LogP contribution in [0.3, 0.4) is 0 Å². The van der Waals surface area contributed by atoms with Gasteiger partial charge in [0.15, 0.2) is 0 Å². The Hall–Kier alpha value is -6.16. The van der Waals surface area contributed by atoms with Crippen LogP contribution in [0.2, 0.25) is 0 Å². The van der Waals surface area contributed by atoms with Gasteiger partial charge in [-0.25, -0.2) is 4.79 Å². The first-order valence-electron chi connectivity index (χ1n) is 18.4. The minimum atomic E-state index is -0.935. The fraction of sp³-hybridized carbons (Fsp3) is 0.273. The van der Waals surface area contributed by atoms with Gasteiger partial charge in [-0.15, -0.1) is 0 Å². The van der Waals surface area contributed by atoms with Gasteiger partial charge in [-0.2, -0.15) is 0 Å². The standard InChI is InChI=1S/C44H44N4O6/c1-47-22-10-18-39(46-44(52)54-28-30-11-3-2-4-12-30)43(51)48-27-36(45-41(49)24-31-20-21-32-13-5-6-14-33(32)23-31)26-37(48)29-53-40-19-8-7-17-38(40)34-15-9-16-35(25-34)42(47)50/h2-9,11-17,19-21,23,25,36-37,39H,10,18,22,24,26-29H2,1H3,(H,45,49)(H,46,52)/t36-,37-,39-/m0/s1. The lowest BCUT2D eigenvalue weighted by Gasteiger charge is -2.30. The Kier molecular flexibility index (Phi) is 11.2. The van der Waals surface area contributed by atoms with Crippen molar-refractivity contribution in [2.45, 2.75) is 50.4 Å². The smallest absolute Gasteiger partial charge is 0.408 e. The van der Waals surface area contributed by atoms with Crippen LogP contribution in [0.5, 0.6) is 5.75 Å². The fourth-order valence-corrected chi connectivity index (χ4v) is 7.32. The molecule has 0 saturated carbocycles. The molecular formula is C44H44N4O6. The molecule has 1 saturated heterocycles. The number of benzene rings is 5. The van der Waals surface area contributed by atoms with Gasteiger partial charge in [0.25, 0.3) is 5.91 Å². The molecule has 2 N–H and O–H groups in total. The van der Waals surface area contributed by atoms with E-state index in [9.17, 15) is 19.2 Å². The molecule has 2 heterocycles. The molecule has 0 unspecified atom stereocenters. The van der Waals surface area contributed by atoms with Gasteiger partial charge in [0.2, 0.25) is 11.8 Å². The maximum atomic E-state index is 14.5. The van der Waals surface area contributed by atoms with Crippen molar-refractivity contribution in [3.63, 3.8) is 0 Å². The van der Waals surface area contributed by atoms with E-state index in [1.165, 1.54) is 0 Å². The number of alkyl carbamates (subject to hydrolysis) is 1. The summed E-state index contributed by atoms with van der Waals surface area (Å²) in [7, 11) is 1.73. The lowest BCUT2D eigenvalue weighted by Crippen LogP contribution is -2.52. The van der Waals surface area contributed by atoms with E-state index in [-0.39, 0.29) is 56.4 Å². The Morgan fingerprint density at radius 1 is 0.796 bits per heavy atom. The molecule has 10 nitrogen and oxygen atoms in total. The van der Waals surface area contributed by atoms with Crippen LogP contribution in [0, 0.1) is 0 Å². The summed E-state index contributed by atoms with van der Waals surface area (Å²) >= 11 is 0. The van der Waals surface area contributed by atoms with E-state index in [1.807, 2.05) is 115 Å². The highest BCUT2D eigenvalue weighted by molar-refractivity contribution is 5.95. The SMILES string of the molecule is CN1CCC[C@H](NC(=O)OCc2ccccc2)C(=O)N2C[C@@H](NC(=O)Cc3ccc4ccccc4c3)C[C@H]2COc2ccccc2-c2cccc(c2)C1=O. The number of nitrogens with one attached hydrogen (secondary N) is 2. The van der Waals surface area contributed by atoms with Gasteiger partial charge in [0.05, 0.1) is 12.5 Å². The predicted octanol–water partition coefficient (Wildman–Crippen LogP) is 6.37. The Labute approximate surface area is 315 Å². The number of carbonyl (C=O) groups is 4. The Morgan fingerprint density at radius 3 is 2.41 bits per heavy atom. The molecule has 0 spiro atoms. The zero-order valence-corrected chi connectivity index (χ0v) is 30.3. The molecule has 1 fully saturated rings. The van der Waals surface area contributed by atoms with E-state index in [0.717, 1.165) is 33.0 Å². The quantitative estimate of drug-likeness (QED) is 0.210. The highest BCUT2D eigenvalue weighted by atomic mass is 16.5. The number of nitrogens with zero attached hydrogens (tertiary/aromatic N) is 2. The largest absolute Gasteiger partial charge is 0.491 e. The molecule has 4 amide bonds. The Balaban J connectivity index is 1.13. The van der Waals surface area contributed by atoms with Gasteiger partial charge in [-0.1, -0.05) is 103 Å². The third-order valence-corrected chi connectivity index (χ3v) is 10.1. The minimum absolute atomic E-state index is 0.0504. The van der Waals surface area contributed by atoms with Crippen molar-refractivity contribution in [2.24, 2.45) is 0 Å². The number of rotatable bonds is 6. The van der Waals surface area contributed by atoms with Crippen molar-refractivity contribution in [3.05, 3.63) is 138 Å². The average molecular weight is 725 g/mol. The first-order chi connectivity index (χ1) is 26.3. The maximum Gasteiger partial charge on any atom is 0.408 e. The first kappa shape index (κ1) is 36.2. The van der Waals surface area contributed by atoms with Gasteiger partial charge in [-0.05, 0) is 64.9 Å². The summed E-state index contributed by atoms with van der Waals surface area (Å²) < 4.78 is 12.0. The van der Waals surface area contributed by atoms with E-state index >= 15 is 0 Å². The lowest BCUT2D eigenvalue weighted by molar-refractivity contribution is -0.135. The van der Waals surface area contributed by atoms with Crippen LogP contribution in [0.25, 0.3) is 21.9 Å². The van der Waals surface area contributed by atoms with E-state index < -0.39 is 18.2 Å². The molecule has 0 aliphatic carbocycles. The monoisotopic (exact) mass is 724 g/mol. The third-order valence-electron chi connectivity index (χ3n) is 10.1. The van der Waals surface area contributed by atoms with E-state index in [1.54, 1.807) is 22.9 Å². The van der Waals surface area contributed by atoms with Gasteiger partial charge >= 0.3 is 6.09 Å². The van der Waals surface area contributed by atoms with Crippen LogP contribution >= 0.6 is 0 Å². The highest BCUT2D eigenvalue weighted by Crippen LogP contribution is 2.32. The van der Waals surface area contributed by atoms with Crippen molar-refractivity contribution < 1.29 is 28.7 Å². The number of hydrogen-bond acceptors (Lipinski definition) is 6. The lowest BCUT2D eigenvalue weighted by atomic mass is 10.0. The van der Waals surface area contributed by atoms with E-state index in [2.05, 4.69) is 10.6 Å². The molecule has 10 heteroatoms. The van der Waals surface area contributed by atoms with Crippen molar-refractivity contribution in [1.82, 2.24) is 20.4 Å². The molecule has 5 aromatic carbocycles. The third kappa shape index (κ3) is 8.71. The van der Waals surface area contributed by atoms with Crippen LogP contribution in [0.4, 0.5) is 4.79 Å². The maximum absolute atomic E-state index is 14.5. The van der Waals surface area contributed by atoms with Crippen LogP contribution in [-0.2, 0) is 27.4 Å². The molecule has 2 aliphatic heterocycles. The molecule has 3 atom stereocenters. The topological polar surface area (TPSA) is 117 Å². The van der Waals surface area contributed by atoms with Crippen molar-refractivity contribution >= 4 is 34.6 Å². The molecule has 0 radical (unpaired) electrons. The van der Waals surface area contributed by atoms with Gasteiger partial charge < -0.3 is 29.9 Å². The van der Waals surface area contributed by atoms with Gasteiger partial charge in [0.1, 0.15) is 25.0 Å². The predicted molar refractivity (Wildman–Crippen MR) is 207 cm³/mol. The first-order valence-corrected chi connectivity index (χ1v) is 18.4. The van der Waals surface area contributed by atoms with Gasteiger partial charge in [0, 0.05) is 37.3 Å². The van der Waals surface area contributed by atoms with Gasteiger partial charge in [-0.3, -0.25) is 14.4 Å². The Morgan fingerprint density at radius 2 is 1.56 bits per heavy atom. The highest BCUT2D eigenvalue weighted by Gasteiger charge is 2.40. The average Bonchev–Trinajstić information content (AvgIpc) is 3.60. The number of ether oxygens (including phenoxy) is 2. The van der Waals surface area contributed by atoms with Crippen molar-refractivity contribution in [3.8, 4) is 16.9 Å². The van der Waals surface area contributed by atoms with E-state index in [0.29, 0.717) is 30.7 Å². The second-order valence-corrected chi connectivity index (χ2v) is 14.0. The van der Waals surface area contributed by atoms with Crippen molar-refractivity contribution in [1.29, 1.82) is 0 Å². The Bertz CT molecular complexity index is 2140. The van der Waals surface area contributed by atoms with Crippen LogP contribution in [0.15, 0.2) is 121 Å². The second-order valence-electron chi connectivity index (χ2n) is 14.0. The molecule has 0 aromatic heterocycles. The van der Waals surface area contributed by atoms with Crippen LogP contribution in [0.1, 0.15) is 40.7 Å². The summed E-state index contributed by atoms with van der Waals surface area (Å²) in [5.74, 6) is 0.0195. The molecule has 5 aromatic rings. The number of fused-ring (bicyclic) bond motifs is 6. The summed E-state index contributed by atoms with van der Waals surface area (Å²) in [6.45, 7) is 0.820. The van der Waals surface area contributed by atoms with E-state index in [4.69, 9.17) is 9.47 Å². The summed E-state index contributed by atoms with van der Waals surface area (Å²) in [5.41, 5.74) is 3.92. The summed E-state index contributed by atoms with van der Waals surface area (Å²) in [4.78, 5) is 57.9. The summed E-state index contributed by atoms with van der Waals surface area (Å²) in [6, 6.07) is 36.8. The summed E-state index contributed by atoms with van der Waals surface area (Å²) in [5, 5.41) is 8.16. The molecule has 7 rings (SSSR count). The molecule has 276 valence electrons. The molecular weight excluding hydrogens is 681 g/mol. The van der Waals surface area contributed by atoms with Crippen molar-refractivity contribution in [2.75, 3.05) is 26.7 Å². The molecule has 2 aliphatic rings. The number of amides is 4. The molecule has 54 heavy (non-hydrogen) atoms. The molecule has 2 bridgehead atoms.